The van der Waals surface area contributed by atoms with Gasteiger partial charge in [-0.2, -0.15) is 0 Å². The highest BCUT2D eigenvalue weighted by atomic mass is 32.1. The van der Waals surface area contributed by atoms with Gasteiger partial charge in [-0.1, -0.05) is 0 Å². The zero-order valence-electron chi connectivity index (χ0n) is 12.8. The van der Waals surface area contributed by atoms with Crippen molar-refractivity contribution in [2.24, 2.45) is 0 Å². The number of benzene rings is 1. The van der Waals surface area contributed by atoms with Gasteiger partial charge in [0.2, 0.25) is 0 Å². The molecular weight excluding hydrogens is 354 g/mol. The molecule has 0 bridgehead atoms. The monoisotopic (exact) mass is 365 g/mol. The third kappa shape index (κ3) is 4.14. The van der Waals surface area contributed by atoms with Crippen LogP contribution in [0.5, 0.6) is 0 Å². The van der Waals surface area contributed by atoms with Crippen molar-refractivity contribution in [2.75, 3.05) is 11.9 Å². The highest BCUT2D eigenvalue weighted by molar-refractivity contribution is 7.19. The molecule has 0 saturated heterocycles. The lowest BCUT2D eigenvalue weighted by Gasteiger charge is -2.05. The predicted molar refractivity (Wildman–Crippen MR) is 88.0 cm³/mol. The molecule has 0 aliphatic heterocycles. The number of nitro benzene ring substituents is 1. The van der Waals surface area contributed by atoms with E-state index in [0.717, 1.165) is 18.2 Å². The van der Waals surface area contributed by atoms with Crippen molar-refractivity contribution >= 4 is 38.9 Å². The van der Waals surface area contributed by atoms with Crippen molar-refractivity contribution in [3.8, 4) is 0 Å². The highest BCUT2D eigenvalue weighted by Gasteiger charge is 2.24. The number of hydrogen-bond donors (Lipinski definition) is 1. The van der Waals surface area contributed by atoms with E-state index < -0.39 is 21.7 Å². The first-order valence-corrected chi connectivity index (χ1v) is 7.66. The lowest BCUT2D eigenvalue weighted by atomic mass is 10.2. The van der Waals surface area contributed by atoms with E-state index >= 15 is 0 Å². The maximum absolute atomic E-state index is 12.2. The van der Waals surface area contributed by atoms with E-state index in [1.165, 1.54) is 12.1 Å². The fourth-order valence-corrected chi connectivity index (χ4v) is 2.69. The molecule has 25 heavy (non-hydrogen) atoms. The Balaban J connectivity index is 2.28. The molecule has 0 radical (unpaired) electrons. The first-order valence-electron chi connectivity index (χ1n) is 6.84. The van der Waals surface area contributed by atoms with Crippen LogP contribution in [0.15, 0.2) is 30.3 Å². The number of carbonyl (C=O) groups excluding carboxylic acids is 2. The van der Waals surface area contributed by atoms with E-state index in [2.05, 4.69) is 5.32 Å². The topological polar surface area (TPSA) is 142 Å². The Hall–Kier alpha value is -3.34. The van der Waals surface area contributed by atoms with E-state index in [9.17, 15) is 29.8 Å². The molecule has 1 aromatic heterocycles. The minimum Gasteiger partial charge on any atom is -0.462 e. The van der Waals surface area contributed by atoms with Gasteiger partial charge in [0, 0.05) is 23.8 Å². The number of esters is 1. The van der Waals surface area contributed by atoms with Gasteiger partial charge in [-0.3, -0.25) is 25.0 Å². The molecule has 11 heteroatoms. The zero-order valence-corrected chi connectivity index (χ0v) is 13.6. The van der Waals surface area contributed by atoms with Crippen LogP contribution in [0.1, 0.15) is 27.6 Å². The van der Waals surface area contributed by atoms with Gasteiger partial charge in [-0.25, -0.2) is 4.79 Å². The van der Waals surface area contributed by atoms with E-state index in [-0.39, 0.29) is 33.4 Å². The number of non-ortho nitro benzene ring substituents is 1. The number of amides is 1. The number of nitrogens with one attached hydrogen (secondary N) is 1. The average molecular weight is 365 g/mol. The molecule has 1 N–H and O–H groups in total. The molecule has 0 unspecified atom stereocenters. The molecule has 1 aromatic carbocycles. The van der Waals surface area contributed by atoms with Gasteiger partial charge >= 0.3 is 11.0 Å². The minimum atomic E-state index is -0.800. The minimum absolute atomic E-state index is 0.0338. The Bertz CT molecular complexity index is 845. The van der Waals surface area contributed by atoms with Crippen LogP contribution >= 0.6 is 11.3 Å². The summed E-state index contributed by atoms with van der Waals surface area (Å²) in [5.41, 5.74) is -0.221. The van der Waals surface area contributed by atoms with Gasteiger partial charge in [0.1, 0.15) is 10.6 Å². The van der Waals surface area contributed by atoms with E-state index in [4.69, 9.17) is 4.74 Å². The van der Waals surface area contributed by atoms with E-state index in [1.807, 2.05) is 0 Å². The fraction of sp³-hybridized carbons (Fsp3) is 0.143. The van der Waals surface area contributed by atoms with Crippen molar-refractivity contribution in [1.29, 1.82) is 0 Å². The summed E-state index contributed by atoms with van der Waals surface area (Å²) >= 11 is 0.613. The summed E-state index contributed by atoms with van der Waals surface area (Å²) in [7, 11) is 0. The second kappa shape index (κ2) is 7.49. The Morgan fingerprint density at radius 3 is 2.32 bits per heavy atom. The standard InChI is InChI=1S/C14H11N3O7S/c1-2-24-14(19)10-7-11(17(22)23)25-13(10)15-12(18)8-3-5-9(6-4-8)16(20)21/h3-7H,2H2,1H3,(H,15,18). The summed E-state index contributed by atoms with van der Waals surface area (Å²) < 4.78 is 4.81. The van der Waals surface area contributed by atoms with Crippen LogP contribution in [-0.4, -0.2) is 28.3 Å². The van der Waals surface area contributed by atoms with Crippen LogP contribution in [0.25, 0.3) is 0 Å². The number of carbonyl (C=O) groups is 2. The quantitative estimate of drug-likeness (QED) is 0.471. The molecule has 0 aliphatic carbocycles. The molecule has 2 rings (SSSR count). The van der Waals surface area contributed by atoms with Crippen LogP contribution in [0.4, 0.5) is 15.7 Å². The van der Waals surface area contributed by atoms with Crippen molar-refractivity contribution < 1.29 is 24.2 Å². The van der Waals surface area contributed by atoms with Crippen LogP contribution in [0.2, 0.25) is 0 Å². The van der Waals surface area contributed by atoms with Gasteiger partial charge in [-0.15, -0.1) is 0 Å². The molecule has 130 valence electrons. The van der Waals surface area contributed by atoms with Crippen LogP contribution < -0.4 is 5.32 Å². The Kier molecular flexibility index (Phi) is 5.39. The first-order chi connectivity index (χ1) is 11.8. The molecule has 0 atom stereocenters. The Morgan fingerprint density at radius 1 is 1.16 bits per heavy atom. The van der Waals surface area contributed by atoms with E-state index in [0.29, 0.717) is 11.3 Å². The normalized spacial score (nSPS) is 10.1. The van der Waals surface area contributed by atoms with Crippen LogP contribution in [-0.2, 0) is 4.74 Å². The van der Waals surface area contributed by atoms with Crippen molar-refractivity contribution in [2.45, 2.75) is 6.92 Å². The molecule has 10 nitrogen and oxygen atoms in total. The fourth-order valence-electron chi connectivity index (χ4n) is 1.83. The average Bonchev–Trinajstić information content (AvgIpc) is 2.99. The van der Waals surface area contributed by atoms with Gasteiger partial charge < -0.3 is 10.1 Å². The van der Waals surface area contributed by atoms with E-state index in [1.54, 1.807) is 6.92 Å². The lowest BCUT2D eigenvalue weighted by Crippen LogP contribution is -2.14. The van der Waals surface area contributed by atoms with Crippen molar-refractivity contribution in [3.05, 3.63) is 61.7 Å². The maximum Gasteiger partial charge on any atom is 0.341 e. The second-order valence-corrected chi connectivity index (χ2v) is 5.59. The molecule has 1 heterocycles. The molecule has 0 fully saturated rings. The number of thiophene rings is 1. The predicted octanol–water partition coefficient (Wildman–Crippen LogP) is 2.99. The third-order valence-electron chi connectivity index (χ3n) is 2.96. The van der Waals surface area contributed by atoms with Gasteiger partial charge in [0.05, 0.1) is 16.5 Å². The number of hydrogen-bond acceptors (Lipinski definition) is 8. The number of rotatable bonds is 6. The Labute approximate surface area is 144 Å². The highest BCUT2D eigenvalue weighted by Crippen LogP contribution is 2.34. The second-order valence-electron chi connectivity index (χ2n) is 4.56. The van der Waals surface area contributed by atoms with Gasteiger partial charge in [0.25, 0.3) is 11.6 Å². The van der Waals surface area contributed by atoms with Crippen LogP contribution in [0, 0.1) is 20.2 Å². The van der Waals surface area contributed by atoms with Gasteiger partial charge in [0.15, 0.2) is 0 Å². The number of ether oxygens (including phenoxy) is 1. The Morgan fingerprint density at radius 2 is 1.80 bits per heavy atom. The smallest absolute Gasteiger partial charge is 0.341 e. The molecule has 0 spiro atoms. The summed E-state index contributed by atoms with van der Waals surface area (Å²) in [6.07, 6.45) is 0. The van der Waals surface area contributed by atoms with Crippen molar-refractivity contribution in [3.63, 3.8) is 0 Å². The SMILES string of the molecule is CCOC(=O)c1cc([N+](=O)[O-])sc1NC(=O)c1ccc([N+](=O)[O-])cc1. The number of nitrogens with zero attached hydrogens (tertiary/aromatic N) is 2. The molecular formula is C14H11N3O7S. The maximum atomic E-state index is 12.2. The molecule has 0 aliphatic rings. The summed E-state index contributed by atoms with van der Waals surface area (Å²) in [6.45, 7) is 1.64. The number of nitro groups is 2. The summed E-state index contributed by atoms with van der Waals surface area (Å²) in [5, 5.41) is 23.5. The summed E-state index contributed by atoms with van der Waals surface area (Å²) in [6, 6.07) is 5.79. The molecule has 1 amide bonds. The summed E-state index contributed by atoms with van der Waals surface area (Å²) in [4.78, 5) is 44.3. The first kappa shape index (κ1) is 18.0. The molecule has 2 aromatic rings. The lowest BCUT2D eigenvalue weighted by molar-refractivity contribution is -0.384. The summed E-state index contributed by atoms with van der Waals surface area (Å²) in [5.74, 6) is -1.47. The number of anilines is 1. The largest absolute Gasteiger partial charge is 0.462 e. The van der Waals surface area contributed by atoms with Crippen molar-refractivity contribution in [1.82, 2.24) is 0 Å². The van der Waals surface area contributed by atoms with Crippen LogP contribution in [0.3, 0.4) is 0 Å². The zero-order chi connectivity index (χ0) is 18.6. The third-order valence-corrected chi connectivity index (χ3v) is 3.96. The molecule has 0 saturated carbocycles. The van der Waals surface area contributed by atoms with Gasteiger partial charge in [-0.05, 0) is 30.4 Å².